The van der Waals surface area contributed by atoms with Crippen molar-refractivity contribution in [2.45, 2.75) is 0 Å². The van der Waals surface area contributed by atoms with Gasteiger partial charge >= 0.3 is 0 Å². The second-order valence-corrected chi connectivity index (χ2v) is 13.6. The van der Waals surface area contributed by atoms with Crippen molar-refractivity contribution >= 4 is 86.2 Å². The van der Waals surface area contributed by atoms with Crippen LogP contribution in [0.1, 0.15) is 0 Å². The molecular weight excluding hydrogens is 601 g/mol. The van der Waals surface area contributed by atoms with Gasteiger partial charge in [0.05, 0.1) is 0 Å². The van der Waals surface area contributed by atoms with Gasteiger partial charge in [0.15, 0.2) is 0 Å². The van der Waals surface area contributed by atoms with Crippen molar-refractivity contribution in [2.24, 2.45) is 0 Å². The fourth-order valence-electron chi connectivity index (χ4n) is 8.86. The molecule has 0 atom stereocenters. The number of hydrogen-bond acceptors (Lipinski definition) is 0. The summed E-state index contributed by atoms with van der Waals surface area (Å²) in [7, 11) is 0. The van der Waals surface area contributed by atoms with Crippen molar-refractivity contribution in [2.75, 3.05) is 0 Å². The second-order valence-electron chi connectivity index (χ2n) is 13.6. The van der Waals surface area contributed by atoms with Crippen LogP contribution in [0.25, 0.3) is 108 Å². The normalized spacial score (nSPS) is 12.0. The zero-order chi connectivity index (χ0) is 32.8. The van der Waals surface area contributed by atoms with Gasteiger partial charge in [-0.1, -0.05) is 170 Å². The third kappa shape index (κ3) is 3.82. The summed E-state index contributed by atoms with van der Waals surface area (Å²) >= 11 is 0. The highest BCUT2D eigenvalue weighted by molar-refractivity contribution is 6.39. The number of benzene rings is 11. The molecule has 0 amide bonds. The Morgan fingerprint density at radius 2 is 0.540 bits per heavy atom. The molecule has 0 N–H and O–H groups in total. The summed E-state index contributed by atoms with van der Waals surface area (Å²) in [5.74, 6) is 0. The highest BCUT2D eigenvalue weighted by Crippen LogP contribution is 2.48. The van der Waals surface area contributed by atoms with Gasteiger partial charge in [-0.15, -0.1) is 0 Å². The zero-order valence-corrected chi connectivity index (χ0v) is 27.3. The number of rotatable bonds is 2. The lowest BCUT2D eigenvalue weighted by atomic mass is 9.82. The predicted octanol–water partition coefficient (Wildman–Crippen LogP) is 14.2. The Morgan fingerprint density at radius 1 is 0.200 bits per heavy atom. The first kappa shape index (κ1) is 27.5. The van der Waals surface area contributed by atoms with E-state index < -0.39 is 0 Å². The topological polar surface area (TPSA) is 0 Å². The average molecular weight is 631 g/mol. The molecule has 0 fully saturated rings. The van der Waals surface area contributed by atoms with Crippen LogP contribution in [-0.2, 0) is 0 Å². The van der Waals surface area contributed by atoms with Crippen molar-refractivity contribution in [3.63, 3.8) is 0 Å². The van der Waals surface area contributed by atoms with Crippen LogP contribution in [0.2, 0.25) is 0 Å². The summed E-state index contributed by atoms with van der Waals surface area (Å²) in [6, 6.07) is 67.7. The maximum absolute atomic E-state index is 2.49. The fraction of sp³-hybridized carbons (Fsp3) is 0. The highest BCUT2D eigenvalue weighted by atomic mass is 14.2. The van der Waals surface area contributed by atoms with Crippen LogP contribution in [0, 0.1) is 0 Å². The predicted molar refractivity (Wildman–Crippen MR) is 217 cm³/mol. The molecule has 0 saturated carbocycles. The van der Waals surface area contributed by atoms with Gasteiger partial charge in [0.1, 0.15) is 0 Å². The van der Waals surface area contributed by atoms with Crippen LogP contribution in [0.3, 0.4) is 0 Å². The largest absolute Gasteiger partial charge is 0.0616 e. The summed E-state index contributed by atoms with van der Waals surface area (Å²) in [5, 5.41) is 20.6. The first-order valence-electron chi connectivity index (χ1n) is 17.4. The van der Waals surface area contributed by atoms with Gasteiger partial charge in [-0.05, 0) is 121 Å². The Bertz CT molecular complexity index is 3180. The average Bonchev–Trinajstić information content (AvgIpc) is 3.19. The third-order valence-electron chi connectivity index (χ3n) is 11.0. The van der Waals surface area contributed by atoms with Gasteiger partial charge < -0.3 is 0 Å². The summed E-state index contributed by atoms with van der Waals surface area (Å²) in [6.07, 6.45) is 0. The van der Waals surface area contributed by atoms with E-state index in [1.807, 2.05) is 0 Å². The van der Waals surface area contributed by atoms with E-state index in [-0.39, 0.29) is 0 Å². The van der Waals surface area contributed by atoms with Crippen LogP contribution < -0.4 is 0 Å². The smallest absolute Gasteiger partial charge is 0.00137 e. The van der Waals surface area contributed by atoms with E-state index in [1.54, 1.807) is 0 Å². The van der Waals surface area contributed by atoms with Crippen molar-refractivity contribution in [1.82, 2.24) is 0 Å². The molecule has 0 heteroatoms. The molecule has 0 bridgehead atoms. The molecule has 11 rings (SSSR count). The highest BCUT2D eigenvalue weighted by Gasteiger charge is 2.20. The van der Waals surface area contributed by atoms with Crippen LogP contribution in [0.15, 0.2) is 182 Å². The van der Waals surface area contributed by atoms with E-state index >= 15 is 0 Å². The maximum atomic E-state index is 2.49. The van der Waals surface area contributed by atoms with Crippen LogP contribution in [0.5, 0.6) is 0 Å². The summed E-state index contributed by atoms with van der Waals surface area (Å²) in [4.78, 5) is 0. The molecule has 0 aliphatic carbocycles. The maximum Gasteiger partial charge on any atom is -0.00137 e. The quantitative estimate of drug-likeness (QED) is 0.167. The Labute approximate surface area is 289 Å². The Morgan fingerprint density at radius 3 is 1.06 bits per heavy atom. The Hall–Kier alpha value is -6.50. The first-order valence-corrected chi connectivity index (χ1v) is 17.4. The molecule has 11 aromatic carbocycles. The molecule has 0 heterocycles. The Balaban J connectivity index is 1.36. The molecule has 50 heavy (non-hydrogen) atoms. The lowest BCUT2D eigenvalue weighted by Gasteiger charge is -2.20. The van der Waals surface area contributed by atoms with E-state index in [1.165, 1.54) is 108 Å². The summed E-state index contributed by atoms with van der Waals surface area (Å²) in [6.45, 7) is 0. The molecule has 11 aromatic rings. The van der Waals surface area contributed by atoms with E-state index in [0.29, 0.717) is 0 Å². The number of hydrogen-bond donors (Lipinski definition) is 0. The molecule has 0 radical (unpaired) electrons. The third-order valence-corrected chi connectivity index (χ3v) is 11.0. The second kappa shape index (κ2) is 10.5. The minimum atomic E-state index is 1.23. The molecule has 0 aliphatic heterocycles. The van der Waals surface area contributed by atoms with Crippen molar-refractivity contribution in [3.8, 4) is 22.3 Å². The van der Waals surface area contributed by atoms with Crippen LogP contribution in [-0.4, -0.2) is 0 Å². The molecule has 230 valence electrons. The molecule has 0 aliphatic rings. The fourth-order valence-corrected chi connectivity index (χ4v) is 8.86. The summed E-state index contributed by atoms with van der Waals surface area (Å²) < 4.78 is 0. The zero-order valence-electron chi connectivity index (χ0n) is 27.3. The van der Waals surface area contributed by atoms with E-state index in [9.17, 15) is 0 Å². The van der Waals surface area contributed by atoms with Crippen molar-refractivity contribution < 1.29 is 0 Å². The van der Waals surface area contributed by atoms with Gasteiger partial charge in [0.2, 0.25) is 0 Å². The molecule has 0 aromatic heterocycles. The molecule has 0 unspecified atom stereocenters. The monoisotopic (exact) mass is 630 g/mol. The molecule has 0 saturated heterocycles. The van der Waals surface area contributed by atoms with Gasteiger partial charge in [0, 0.05) is 0 Å². The number of fused-ring (bicyclic) bond motifs is 15. The van der Waals surface area contributed by atoms with Gasteiger partial charge in [-0.2, -0.15) is 0 Å². The minimum Gasteiger partial charge on any atom is -0.0616 e. The van der Waals surface area contributed by atoms with Gasteiger partial charge in [-0.25, -0.2) is 0 Å². The van der Waals surface area contributed by atoms with Gasteiger partial charge in [0.25, 0.3) is 0 Å². The minimum absolute atomic E-state index is 1.23. The Kier molecular flexibility index (Phi) is 5.76. The first-order chi connectivity index (χ1) is 24.8. The van der Waals surface area contributed by atoms with Crippen molar-refractivity contribution in [1.29, 1.82) is 0 Å². The van der Waals surface area contributed by atoms with E-state index in [0.717, 1.165) is 0 Å². The van der Waals surface area contributed by atoms with Gasteiger partial charge in [-0.3, -0.25) is 0 Å². The van der Waals surface area contributed by atoms with Crippen LogP contribution >= 0.6 is 0 Å². The summed E-state index contributed by atoms with van der Waals surface area (Å²) in [5.41, 5.74) is 5.03. The molecule has 0 nitrogen and oxygen atoms in total. The molecular formula is C50H30. The lowest BCUT2D eigenvalue weighted by Crippen LogP contribution is -1.93. The van der Waals surface area contributed by atoms with Crippen molar-refractivity contribution in [3.05, 3.63) is 182 Å². The SMILES string of the molecule is c1ccc2cc(-c3c(-c4ccc5c6ccccc6c6c7ccccc7c7ccccc7c6c5c4)c4ccccc4c4ccccc34)ccc2c1. The lowest BCUT2D eigenvalue weighted by molar-refractivity contribution is 1.67. The molecule has 0 spiro atoms. The van der Waals surface area contributed by atoms with Crippen LogP contribution in [0.4, 0.5) is 0 Å². The van der Waals surface area contributed by atoms with E-state index in [4.69, 9.17) is 0 Å². The van der Waals surface area contributed by atoms with E-state index in [2.05, 4.69) is 182 Å². The standard InChI is InChI=1S/C50H30/c1-2-14-32-29-33(26-25-31(32)13-1)47-41-20-8-3-15-35(41)36-16-4-9-21-42(36)48(47)34-27-28-40-39-19-7-11-23-44(39)49-43-22-10-5-17-37(43)38-18-6-12-24-45(38)50(49)46(40)30-34/h1-30H.